The molecule has 1 aliphatic rings. The average molecular weight is 431 g/mol. The number of nitrogens with zero attached hydrogens (tertiary/aromatic N) is 6. The summed E-state index contributed by atoms with van der Waals surface area (Å²) in [6.45, 7) is 2.03. The number of hydrogen-bond donors (Lipinski definition) is 2. The number of aromatic nitrogens is 6. The molecule has 1 fully saturated rings. The monoisotopic (exact) mass is 430 g/mol. The van der Waals surface area contributed by atoms with Crippen LogP contribution in [0, 0.1) is 6.92 Å². The second-order valence-corrected chi connectivity index (χ2v) is 8.39. The number of nitrogens with one attached hydrogen (secondary N) is 1. The Bertz CT molecular complexity index is 1200. The van der Waals surface area contributed by atoms with E-state index in [1.54, 1.807) is 11.8 Å². The molecular weight excluding hydrogens is 408 g/mol. The number of anilines is 3. The molecule has 0 radical (unpaired) electrons. The standard InChI is InChI=1S/C22H22N8S/c1-14-7-5-6-10-17(14)24-21-26-18(25-20(23)27-21)13-31-22-29-28-19(15-11-12-15)30(22)16-8-3-2-4-9-16/h2-10,15H,11-13H2,1H3,(H3,23,24,25,26,27). The van der Waals surface area contributed by atoms with Crippen LogP contribution in [0.25, 0.3) is 5.69 Å². The zero-order valence-electron chi connectivity index (χ0n) is 17.1. The maximum Gasteiger partial charge on any atom is 0.232 e. The lowest BCUT2D eigenvalue weighted by Crippen LogP contribution is -2.07. The van der Waals surface area contributed by atoms with Gasteiger partial charge in [0, 0.05) is 17.3 Å². The maximum atomic E-state index is 5.95. The summed E-state index contributed by atoms with van der Waals surface area (Å²) in [5.41, 5.74) is 9.05. The minimum absolute atomic E-state index is 0.185. The number of thioether (sulfide) groups is 1. The van der Waals surface area contributed by atoms with Gasteiger partial charge < -0.3 is 11.1 Å². The van der Waals surface area contributed by atoms with Crippen molar-refractivity contribution in [2.75, 3.05) is 11.1 Å². The van der Waals surface area contributed by atoms with E-state index in [-0.39, 0.29) is 5.95 Å². The van der Waals surface area contributed by atoms with Gasteiger partial charge in [0.2, 0.25) is 11.9 Å². The molecule has 0 aliphatic heterocycles. The second-order valence-electron chi connectivity index (χ2n) is 7.45. The van der Waals surface area contributed by atoms with E-state index in [9.17, 15) is 0 Å². The van der Waals surface area contributed by atoms with Crippen molar-refractivity contribution in [2.24, 2.45) is 0 Å². The van der Waals surface area contributed by atoms with Crippen LogP contribution in [0.5, 0.6) is 0 Å². The summed E-state index contributed by atoms with van der Waals surface area (Å²) in [6, 6.07) is 18.2. The Morgan fingerprint density at radius 3 is 2.55 bits per heavy atom. The Kier molecular flexibility index (Phi) is 5.25. The molecule has 0 atom stereocenters. The summed E-state index contributed by atoms with van der Waals surface area (Å²) in [4.78, 5) is 13.1. The molecule has 0 spiro atoms. The van der Waals surface area contributed by atoms with Gasteiger partial charge in [-0.25, -0.2) is 0 Å². The van der Waals surface area contributed by atoms with Gasteiger partial charge in [0.05, 0.1) is 5.75 Å². The largest absolute Gasteiger partial charge is 0.368 e. The number of hydrogen-bond acceptors (Lipinski definition) is 8. The van der Waals surface area contributed by atoms with Crippen molar-refractivity contribution in [1.82, 2.24) is 29.7 Å². The van der Waals surface area contributed by atoms with Crippen molar-refractivity contribution in [2.45, 2.75) is 36.6 Å². The van der Waals surface area contributed by atoms with Crippen LogP contribution in [-0.2, 0) is 5.75 Å². The van der Waals surface area contributed by atoms with Crippen LogP contribution >= 0.6 is 11.8 Å². The van der Waals surface area contributed by atoms with Crippen molar-refractivity contribution >= 4 is 29.3 Å². The van der Waals surface area contributed by atoms with Gasteiger partial charge in [0.15, 0.2) is 5.16 Å². The zero-order valence-corrected chi connectivity index (χ0v) is 17.9. The molecule has 0 amide bonds. The van der Waals surface area contributed by atoms with E-state index in [0.29, 0.717) is 23.4 Å². The molecule has 3 N–H and O–H groups in total. The van der Waals surface area contributed by atoms with Crippen molar-refractivity contribution in [3.05, 3.63) is 71.8 Å². The molecule has 0 unspecified atom stereocenters. The van der Waals surface area contributed by atoms with Crippen molar-refractivity contribution < 1.29 is 0 Å². The second kappa shape index (κ2) is 8.35. The van der Waals surface area contributed by atoms with Crippen molar-refractivity contribution in [3.63, 3.8) is 0 Å². The smallest absolute Gasteiger partial charge is 0.232 e. The first-order valence-electron chi connectivity index (χ1n) is 10.1. The fraction of sp³-hybridized carbons (Fsp3) is 0.227. The van der Waals surface area contributed by atoms with Crippen molar-refractivity contribution in [3.8, 4) is 5.69 Å². The first-order valence-corrected chi connectivity index (χ1v) is 11.1. The van der Waals surface area contributed by atoms with Crippen LogP contribution in [0.15, 0.2) is 59.8 Å². The molecule has 2 aromatic carbocycles. The lowest BCUT2D eigenvalue weighted by atomic mass is 10.2. The summed E-state index contributed by atoms with van der Waals surface area (Å²) < 4.78 is 2.14. The van der Waals surface area contributed by atoms with Crippen molar-refractivity contribution in [1.29, 1.82) is 0 Å². The highest BCUT2D eigenvalue weighted by atomic mass is 32.2. The Labute approximate surface area is 184 Å². The van der Waals surface area contributed by atoms with Gasteiger partial charge in [-0.2, -0.15) is 15.0 Å². The average Bonchev–Trinajstić information content (AvgIpc) is 3.53. The van der Waals surface area contributed by atoms with Gasteiger partial charge in [-0.15, -0.1) is 10.2 Å². The Morgan fingerprint density at radius 2 is 1.77 bits per heavy atom. The minimum atomic E-state index is 0.185. The molecule has 5 rings (SSSR count). The third-order valence-corrected chi connectivity index (χ3v) is 5.96. The fourth-order valence-corrected chi connectivity index (χ4v) is 4.14. The molecular formula is C22H22N8S. The highest BCUT2D eigenvalue weighted by Gasteiger charge is 2.31. The minimum Gasteiger partial charge on any atom is -0.368 e. The SMILES string of the molecule is Cc1ccccc1Nc1nc(N)nc(CSc2nnc(C3CC3)n2-c2ccccc2)n1. The predicted octanol–water partition coefficient (Wildman–Crippen LogP) is 4.26. The van der Waals surface area contributed by atoms with E-state index >= 15 is 0 Å². The van der Waals surface area contributed by atoms with Gasteiger partial charge in [0.1, 0.15) is 11.6 Å². The Hall–Kier alpha value is -3.46. The summed E-state index contributed by atoms with van der Waals surface area (Å²) >= 11 is 1.54. The first kappa shape index (κ1) is 19.5. The molecule has 9 heteroatoms. The Morgan fingerprint density at radius 1 is 1.00 bits per heavy atom. The number of benzene rings is 2. The van der Waals surface area contributed by atoms with Gasteiger partial charge in [-0.05, 0) is 43.5 Å². The van der Waals surface area contributed by atoms with Crippen LogP contribution in [0.3, 0.4) is 0 Å². The summed E-state index contributed by atoms with van der Waals surface area (Å²) in [5, 5.41) is 13.0. The molecule has 1 saturated carbocycles. The molecule has 2 aromatic heterocycles. The fourth-order valence-electron chi connectivity index (χ4n) is 3.32. The summed E-state index contributed by atoms with van der Waals surface area (Å²) in [7, 11) is 0. The van der Waals surface area contributed by atoms with E-state index in [4.69, 9.17) is 5.73 Å². The van der Waals surface area contributed by atoms with Crippen LogP contribution < -0.4 is 11.1 Å². The highest BCUT2D eigenvalue weighted by Crippen LogP contribution is 2.41. The van der Waals surface area contributed by atoms with Gasteiger partial charge >= 0.3 is 0 Å². The summed E-state index contributed by atoms with van der Waals surface area (Å²) in [5.74, 6) is 3.21. The highest BCUT2D eigenvalue weighted by molar-refractivity contribution is 7.98. The number of aryl methyl sites for hydroxylation is 1. The van der Waals surface area contributed by atoms with Gasteiger partial charge in [-0.3, -0.25) is 4.57 Å². The van der Waals surface area contributed by atoms with Gasteiger partial charge in [0.25, 0.3) is 0 Å². The Balaban J connectivity index is 1.38. The van der Waals surface area contributed by atoms with Crippen LogP contribution in [0.4, 0.5) is 17.6 Å². The molecule has 31 heavy (non-hydrogen) atoms. The topological polar surface area (TPSA) is 107 Å². The molecule has 1 aliphatic carbocycles. The maximum absolute atomic E-state index is 5.95. The molecule has 156 valence electrons. The van der Waals surface area contributed by atoms with E-state index in [0.717, 1.165) is 40.8 Å². The number of nitrogens with two attached hydrogens (primary N) is 1. The lowest BCUT2D eigenvalue weighted by Gasteiger charge is -2.10. The van der Waals surface area contributed by atoms with Gasteiger partial charge in [-0.1, -0.05) is 48.2 Å². The quantitative estimate of drug-likeness (QED) is 0.419. The summed E-state index contributed by atoms with van der Waals surface area (Å²) in [6.07, 6.45) is 2.32. The van der Waals surface area contributed by atoms with Crippen LogP contribution in [0.2, 0.25) is 0 Å². The molecule has 8 nitrogen and oxygen atoms in total. The molecule has 0 saturated heterocycles. The van der Waals surface area contributed by atoms with Crippen LogP contribution in [0.1, 0.15) is 36.0 Å². The zero-order chi connectivity index (χ0) is 21.2. The molecule has 0 bridgehead atoms. The molecule has 4 aromatic rings. The predicted molar refractivity (Wildman–Crippen MR) is 122 cm³/mol. The van der Waals surface area contributed by atoms with E-state index in [1.807, 2.05) is 49.4 Å². The van der Waals surface area contributed by atoms with E-state index in [2.05, 4.69) is 47.2 Å². The third-order valence-electron chi connectivity index (χ3n) is 5.04. The van der Waals surface area contributed by atoms with Crippen LogP contribution in [-0.4, -0.2) is 29.7 Å². The lowest BCUT2D eigenvalue weighted by molar-refractivity contribution is 0.828. The number of nitrogen functional groups attached to an aromatic ring is 1. The van der Waals surface area contributed by atoms with E-state index < -0.39 is 0 Å². The normalized spacial score (nSPS) is 13.3. The third kappa shape index (κ3) is 4.36. The van der Waals surface area contributed by atoms with E-state index in [1.165, 1.54) is 0 Å². The first-order chi connectivity index (χ1) is 15.2. The number of rotatable bonds is 7. The number of para-hydroxylation sites is 2. The molecule has 2 heterocycles.